The third-order valence-corrected chi connectivity index (χ3v) is 3.60. The highest BCUT2D eigenvalue weighted by Crippen LogP contribution is 2.34. The van der Waals surface area contributed by atoms with Crippen LogP contribution in [0.25, 0.3) is 22.2 Å². The van der Waals surface area contributed by atoms with Crippen molar-refractivity contribution in [2.45, 2.75) is 19.9 Å². The van der Waals surface area contributed by atoms with E-state index in [2.05, 4.69) is 34.6 Å². The van der Waals surface area contributed by atoms with Crippen LogP contribution in [-0.2, 0) is 0 Å². The molecule has 4 nitrogen and oxygen atoms in total. The number of rotatable bonds is 2. The molecule has 3 rings (SSSR count). The maximum absolute atomic E-state index is 6.05. The van der Waals surface area contributed by atoms with Gasteiger partial charge in [-0.3, -0.25) is 0 Å². The Kier molecular flexibility index (Phi) is 3.10. The standard InChI is InChI=1S/C15H15ClN4/c1-9(2)20-7-12(10-3-5-11(16)6-4-10)13-14(17)18-8-19-15(13)20/h3-9H,1-2H3,(H2,17,18,19). The molecular weight excluding hydrogens is 272 g/mol. The molecule has 2 aromatic heterocycles. The number of nitrogens with two attached hydrogens (primary N) is 1. The van der Waals surface area contributed by atoms with E-state index in [0.717, 1.165) is 22.2 Å². The average Bonchev–Trinajstić information content (AvgIpc) is 2.81. The minimum absolute atomic E-state index is 0.299. The van der Waals surface area contributed by atoms with Crippen LogP contribution < -0.4 is 5.73 Å². The van der Waals surface area contributed by atoms with Crippen molar-refractivity contribution in [2.75, 3.05) is 5.73 Å². The van der Waals surface area contributed by atoms with Gasteiger partial charge < -0.3 is 10.3 Å². The van der Waals surface area contributed by atoms with Gasteiger partial charge in [0.1, 0.15) is 17.8 Å². The maximum Gasteiger partial charge on any atom is 0.146 e. The molecular formula is C15H15ClN4. The number of nitrogen functional groups attached to an aromatic ring is 1. The summed E-state index contributed by atoms with van der Waals surface area (Å²) in [5, 5.41) is 1.61. The first kappa shape index (κ1) is 12.9. The van der Waals surface area contributed by atoms with E-state index >= 15 is 0 Å². The number of benzene rings is 1. The fraction of sp³-hybridized carbons (Fsp3) is 0.200. The number of halogens is 1. The molecule has 2 N–H and O–H groups in total. The zero-order chi connectivity index (χ0) is 14.3. The van der Waals surface area contributed by atoms with Crippen molar-refractivity contribution in [1.29, 1.82) is 0 Å². The molecule has 5 heteroatoms. The van der Waals surface area contributed by atoms with Crippen molar-refractivity contribution in [2.24, 2.45) is 0 Å². The Hall–Kier alpha value is -2.07. The van der Waals surface area contributed by atoms with Crippen molar-refractivity contribution in [3.8, 4) is 11.1 Å². The molecule has 0 fully saturated rings. The van der Waals surface area contributed by atoms with Crippen LogP contribution in [0.2, 0.25) is 5.02 Å². The van der Waals surface area contributed by atoms with E-state index in [4.69, 9.17) is 17.3 Å². The van der Waals surface area contributed by atoms with E-state index in [0.29, 0.717) is 16.9 Å². The zero-order valence-corrected chi connectivity index (χ0v) is 12.1. The molecule has 20 heavy (non-hydrogen) atoms. The second-order valence-electron chi connectivity index (χ2n) is 5.01. The summed E-state index contributed by atoms with van der Waals surface area (Å²) < 4.78 is 2.11. The van der Waals surface area contributed by atoms with Crippen LogP contribution in [0.1, 0.15) is 19.9 Å². The molecule has 0 aliphatic heterocycles. The van der Waals surface area contributed by atoms with Gasteiger partial charge in [-0.2, -0.15) is 0 Å². The van der Waals surface area contributed by atoms with Gasteiger partial charge in [0.05, 0.1) is 5.39 Å². The van der Waals surface area contributed by atoms with Crippen LogP contribution >= 0.6 is 11.6 Å². The van der Waals surface area contributed by atoms with Gasteiger partial charge in [0.2, 0.25) is 0 Å². The van der Waals surface area contributed by atoms with Crippen molar-refractivity contribution in [1.82, 2.24) is 14.5 Å². The predicted octanol–water partition coefficient (Wildman–Crippen LogP) is 3.91. The second-order valence-corrected chi connectivity index (χ2v) is 5.44. The third kappa shape index (κ3) is 2.02. The lowest BCUT2D eigenvalue weighted by Crippen LogP contribution is -2.00. The maximum atomic E-state index is 6.05. The van der Waals surface area contributed by atoms with Gasteiger partial charge in [-0.25, -0.2) is 9.97 Å². The number of anilines is 1. The Morgan fingerprint density at radius 3 is 2.50 bits per heavy atom. The monoisotopic (exact) mass is 286 g/mol. The topological polar surface area (TPSA) is 56.7 Å². The zero-order valence-electron chi connectivity index (χ0n) is 11.3. The quantitative estimate of drug-likeness (QED) is 0.777. The highest BCUT2D eigenvalue weighted by molar-refractivity contribution is 6.30. The molecule has 102 valence electrons. The number of hydrogen-bond acceptors (Lipinski definition) is 3. The first-order chi connectivity index (χ1) is 9.58. The van der Waals surface area contributed by atoms with Crippen LogP contribution in [0.4, 0.5) is 5.82 Å². The van der Waals surface area contributed by atoms with Gasteiger partial charge in [0, 0.05) is 22.8 Å². The summed E-state index contributed by atoms with van der Waals surface area (Å²) >= 11 is 5.95. The van der Waals surface area contributed by atoms with E-state index in [1.165, 1.54) is 6.33 Å². The largest absolute Gasteiger partial charge is 0.383 e. The van der Waals surface area contributed by atoms with Gasteiger partial charge in [-0.15, -0.1) is 0 Å². The van der Waals surface area contributed by atoms with Gasteiger partial charge in [-0.05, 0) is 31.5 Å². The van der Waals surface area contributed by atoms with E-state index < -0.39 is 0 Å². The van der Waals surface area contributed by atoms with Crippen molar-refractivity contribution in [3.05, 3.63) is 41.8 Å². The van der Waals surface area contributed by atoms with E-state index in [-0.39, 0.29) is 0 Å². The van der Waals surface area contributed by atoms with Gasteiger partial charge >= 0.3 is 0 Å². The van der Waals surface area contributed by atoms with E-state index in [9.17, 15) is 0 Å². The Morgan fingerprint density at radius 2 is 1.85 bits per heavy atom. The molecule has 2 heterocycles. The fourth-order valence-electron chi connectivity index (χ4n) is 2.35. The molecule has 0 atom stereocenters. The summed E-state index contributed by atoms with van der Waals surface area (Å²) in [5.41, 5.74) is 8.99. The number of hydrogen-bond donors (Lipinski definition) is 1. The Bertz CT molecular complexity index is 759. The second kappa shape index (κ2) is 4.80. The van der Waals surface area contributed by atoms with Crippen LogP contribution in [0.5, 0.6) is 0 Å². The number of aromatic nitrogens is 3. The predicted molar refractivity (Wildman–Crippen MR) is 82.8 cm³/mol. The first-order valence-corrected chi connectivity index (χ1v) is 6.82. The minimum atomic E-state index is 0.299. The Labute approximate surface area is 122 Å². The lowest BCUT2D eigenvalue weighted by Gasteiger charge is -2.07. The molecule has 3 aromatic rings. The third-order valence-electron chi connectivity index (χ3n) is 3.35. The van der Waals surface area contributed by atoms with Crippen LogP contribution in [0.3, 0.4) is 0 Å². The molecule has 0 aliphatic carbocycles. The summed E-state index contributed by atoms with van der Waals surface area (Å²) in [6.07, 6.45) is 3.58. The molecule has 0 aliphatic rings. The Morgan fingerprint density at radius 1 is 1.15 bits per heavy atom. The van der Waals surface area contributed by atoms with Gasteiger partial charge in [-0.1, -0.05) is 23.7 Å². The molecule has 1 aromatic carbocycles. The highest BCUT2D eigenvalue weighted by atomic mass is 35.5. The minimum Gasteiger partial charge on any atom is -0.383 e. The van der Waals surface area contributed by atoms with Crippen LogP contribution in [0.15, 0.2) is 36.8 Å². The molecule has 0 unspecified atom stereocenters. The first-order valence-electron chi connectivity index (χ1n) is 6.45. The van der Waals surface area contributed by atoms with Crippen molar-refractivity contribution >= 4 is 28.5 Å². The number of fused-ring (bicyclic) bond motifs is 1. The SMILES string of the molecule is CC(C)n1cc(-c2ccc(Cl)cc2)c2c(N)ncnc21. The van der Waals surface area contributed by atoms with Crippen molar-refractivity contribution in [3.63, 3.8) is 0 Å². The fourth-order valence-corrected chi connectivity index (χ4v) is 2.48. The molecule has 0 bridgehead atoms. The van der Waals surface area contributed by atoms with Crippen LogP contribution in [0, 0.1) is 0 Å². The summed E-state index contributed by atoms with van der Waals surface area (Å²) in [6, 6.07) is 8.00. The molecule has 0 saturated carbocycles. The average molecular weight is 287 g/mol. The molecule has 0 amide bonds. The lowest BCUT2D eigenvalue weighted by atomic mass is 10.1. The van der Waals surface area contributed by atoms with Crippen LogP contribution in [-0.4, -0.2) is 14.5 Å². The number of nitrogens with zero attached hydrogens (tertiary/aromatic N) is 3. The van der Waals surface area contributed by atoms with Gasteiger partial charge in [0.25, 0.3) is 0 Å². The lowest BCUT2D eigenvalue weighted by molar-refractivity contribution is 0.618. The van der Waals surface area contributed by atoms with Crippen molar-refractivity contribution < 1.29 is 0 Å². The summed E-state index contributed by atoms with van der Waals surface area (Å²) in [6.45, 7) is 4.23. The van der Waals surface area contributed by atoms with Gasteiger partial charge in [0.15, 0.2) is 0 Å². The summed E-state index contributed by atoms with van der Waals surface area (Å²) in [7, 11) is 0. The van der Waals surface area contributed by atoms with E-state index in [1.54, 1.807) is 0 Å². The molecule has 0 radical (unpaired) electrons. The normalized spacial score (nSPS) is 11.4. The summed E-state index contributed by atoms with van der Waals surface area (Å²) in [4.78, 5) is 8.48. The molecule has 0 spiro atoms. The molecule has 0 saturated heterocycles. The summed E-state index contributed by atoms with van der Waals surface area (Å²) in [5.74, 6) is 0.499. The smallest absolute Gasteiger partial charge is 0.146 e. The van der Waals surface area contributed by atoms with E-state index in [1.807, 2.05) is 24.3 Å². The Balaban J connectivity index is 2.33. The highest BCUT2D eigenvalue weighted by Gasteiger charge is 2.16.